The van der Waals surface area contributed by atoms with Crippen LogP contribution < -0.4 is 4.90 Å². The summed E-state index contributed by atoms with van der Waals surface area (Å²) in [5.74, 6) is -0.196. The number of likely N-dealkylation sites (tertiary alicyclic amines) is 1. The number of carbonyl (C=O) groups excluding carboxylic acids is 1. The predicted octanol–water partition coefficient (Wildman–Crippen LogP) is 2.19. The Labute approximate surface area is 153 Å². The number of rotatable bonds is 5. The first kappa shape index (κ1) is 18.2. The van der Waals surface area contributed by atoms with Crippen molar-refractivity contribution in [3.8, 4) is 6.07 Å². The number of pyridine rings is 1. The van der Waals surface area contributed by atoms with Gasteiger partial charge in [-0.25, -0.2) is 9.78 Å². The van der Waals surface area contributed by atoms with Crippen LogP contribution in [0.4, 0.5) is 5.82 Å². The van der Waals surface area contributed by atoms with Crippen molar-refractivity contribution in [2.24, 2.45) is 5.92 Å². The van der Waals surface area contributed by atoms with Crippen LogP contribution in [0.3, 0.4) is 0 Å². The number of carbonyl (C=O) groups is 2. The number of hydrogen-bond acceptors (Lipinski definition) is 5. The molecule has 1 saturated carbocycles. The van der Waals surface area contributed by atoms with E-state index in [1.165, 1.54) is 18.9 Å². The van der Waals surface area contributed by atoms with Crippen molar-refractivity contribution in [3.05, 3.63) is 22.9 Å². The second-order valence-corrected chi connectivity index (χ2v) is 7.34. The van der Waals surface area contributed by atoms with Gasteiger partial charge in [0.1, 0.15) is 11.9 Å². The Bertz CT molecular complexity index is 765. The third-order valence-electron chi connectivity index (χ3n) is 5.44. The molecule has 1 aliphatic heterocycles. The third kappa shape index (κ3) is 3.50. The maximum atomic E-state index is 12.4. The molecule has 1 unspecified atom stereocenters. The second-order valence-electron chi connectivity index (χ2n) is 7.34. The van der Waals surface area contributed by atoms with Gasteiger partial charge in [-0.2, -0.15) is 5.26 Å². The Morgan fingerprint density at radius 3 is 2.77 bits per heavy atom. The molecule has 138 valence electrons. The second kappa shape index (κ2) is 7.32. The molecule has 1 atom stereocenters. The first-order chi connectivity index (χ1) is 12.4. The number of amides is 1. The van der Waals surface area contributed by atoms with Gasteiger partial charge in [-0.3, -0.25) is 4.79 Å². The molecule has 7 nitrogen and oxygen atoms in total. The Hall–Kier alpha value is -2.62. The quantitative estimate of drug-likeness (QED) is 0.868. The average Bonchev–Trinajstić information content (AvgIpc) is 3.23. The summed E-state index contributed by atoms with van der Waals surface area (Å²) in [7, 11) is 1.84. The lowest BCUT2D eigenvalue weighted by Gasteiger charge is -2.26. The van der Waals surface area contributed by atoms with Crippen LogP contribution in [0.2, 0.25) is 0 Å². The van der Waals surface area contributed by atoms with Crippen molar-refractivity contribution in [1.82, 2.24) is 9.88 Å². The van der Waals surface area contributed by atoms with Crippen molar-refractivity contribution in [2.45, 2.75) is 45.1 Å². The summed E-state index contributed by atoms with van der Waals surface area (Å²) in [6, 6.07) is 3.81. The molecule has 1 aromatic heterocycles. The van der Waals surface area contributed by atoms with Gasteiger partial charge in [-0.15, -0.1) is 0 Å². The zero-order valence-electron chi connectivity index (χ0n) is 15.2. The SMILES string of the molecule is Cc1nc(N(C)CC2CC(=O)N(C3CCCC3)C2)c(C#N)cc1C(=O)O. The van der Waals surface area contributed by atoms with E-state index >= 15 is 0 Å². The number of hydrogen-bond donors (Lipinski definition) is 1. The first-order valence-electron chi connectivity index (χ1n) is 9.06. The van der Waals surface area contributed by atoms with E-state index in [9.17, 15) is 20.0 Å². The standard InChI is InChI=1S/C19H24N4O3/c1-12-16(19(25)26)8-14(9-20)18(21-12)22(2)10-13-7-17(24)23(11-13)15-5-3-4-6-15/h8,13,15H,3-7,10-11H2,1-2H3,(H,25,26). The number of anilines is 1. The Morgan fingerprint density at radius 1 is 1.46 bits per heavy atom. The van der Waals surface area contributed by atoms with E-state index in [-0.39, 0.29) is 23.0 Å². The molecule has 0 radical (unpaired) electrons. The van der Waals surface area contributed by atoms with Crippen LogP contribution in [-0.4, -0.2) is 53.0 Å². The summed E-state index contributed by atoms with van der Waals surface area (Å²) >= 11 is 0. The van der Waals surface area contributed by atoms with Crippen LogP contribution in [0.1, 0.15) is 53.7 Å². The summed E-state index contributed by atoms with van der Waals surface area (Å²) < 4.78 is 0. The van der Waals surface area contributed by atoms with E-state index in [1.54, 1.807) is 6.92 Å². The molecular formula is C19H24N4O3. The van der Waals surface area contributed by atoms with Gasteiger partial charge in [0.25, 0.3) is 0 Å². The highest BCUT2D eigenvalue weighted by Crippen LogP contribution is 2.30. The van der Waals surface area contributed by atoms with E-state index in [0.717, 1.165) is 19.4 Å². The number of aromatic carboxylic acids is 1. The highest BCUT2D eigenvalue weighted by atomic mass is 16.4. The molecule has 1 aromatic rings. The maximum absolute atomic E-state index is 12.4. The fourth-order valence-electron chi connectivity index (χ4n) is 4.16. The Balaban J connectivity index is 1.73. The van der Waals surface area contributed by atoms with Gasteiger partial charge >= 0.3 is 5.97 Å². The van der Waals surface area contributed by atoms with E-state index in [0.29, 0.717) is 30.5 Å². The molecule has 2 heterocycles. The van der Waals surface area contributed by atoms with Crippen molar-refractivity contribution >= 4 is 17.7 Å². The summed E-state index contributed by atoms with van der Waals surface area (Å²) in [6.07, 6.45) is 5.12. The number of nitrogens with zero attached hydrogens (tertiary/aromatic N) is 4. The number of nitriles is 1. The van der Waals surface area contributed by atoms with Gasteiger partial charge in [0.05, 0.1) is 16.8 Å². The topological polar surface area (TPSA) is 97.5 Å². The van der Waals surface area contributed by atoms with Crippen LogP contribution in [0.15, 0.2) is 6.07 Å². The van der Waals surface area contributed by atoms with Gasteiger partial charge in [-0.1, -0.05) is 12.8 Å². The summed E-state index contributed by atoms with van der Waals surface area (Å²) in [6.45, 7) is 2.99. The Kier molecular flexibility index (Phi) is 5.12. The van der Waals surface area contributed by atoms with Crippen LogP contribution in [0.25, 0.3) is 0 Å². The number of aromatic nitrogens is 1. The first-order valence-corrected chi connectivity index (χ1v) is 9.06. The van der Waals surface area contributed by atoms with Crippen molar-refractivity contribution in [1.29, 1.82) is 5.26 Å². The summed E-state index contributed by atoms with van der Waals surface area (Å²) in [5, 5.41) is 18.6. The monoisotopic (exact) mass is 356 g/mol. The molecule has 7 heteroatoms. The fraction of sp³-hybridized carbons (Fsp3) is 0.579. The molecule has 26 heavy (non-hydrogen) atoms. The Morgan fingerprint density at radius 2 is 2.15 bits per heavy atom. The summed E-state index contributed by atoms with van der Waals surface area (Å²) in [4.78, 5) is 31.8. The zero-order chi connectivity index (χ0) is 18.8. The van der Waals surface area contributed by atoms with Gasteiger partial charge in [0, 0.05) is 38.5 Å². The van der Waals surface area contributed by atoms with E-state index < -0.39 is 5.97 Å². The molecule has 3 rings (SSSR count). The lowest BCUT2D eigenvalue weighted by Crippen LogP contribution is -2.35. The van der Waals surface area contributed by atoms with Gasteiger partial charge in [0.15, 0.2) is 0 Å². The van der Waals surface area contributed by atoms with E-state index in [4.69, 9.17) is 0 Å². The fourth-order valence-corrected chi connectivity index (χ4v) is 4.16. The van der Waals surface area contributed by atoms with Crippen LogP contribution >= 0.6 is 0 Å². The molecule has 1 amide bonds. The third-order valence-corrected chi connectivity index (χ3v) is 5.44. The molecular weight excluding hydrogens is 332 g/mol. The molecule has 0 aromatic carbocycles. The van der Waals surface area contributed by atoms with Crippen LogP contribution in [0.5, 0.6) is 0 Å². The lowest BCUT2D eigenvalue weighted by atomic mass is 10.1. The maximum Gasteiger partial charge on any atom is 0.337 e. The molecule has 2 fully saturated rings. The molecule has 1 N–H and O–H groups in total. The minimum absolute atomic E-state index is 0.0437. The largest absolute Gasteiger partial charge is 0.478 e. The molecule has 2 aliphatic rings. The minimum Gasteiger partial charge on any atom is -0.478 e. The number of aryl methyl sites for hydroxylation is 1. The molecule has 0 spiro atoms. The number of carboxylic acids is 1. The molecule has 0 bridgehead atoms. The number of carboxylic acid groups (broad SMARTS) is 1. The lowest BCUT2D eigenvalue weighted by molar-refractivity contribution is -0.129. The minimum atomic E-state index is -1.09. The highest BCUT2D eigenvalue weighted by molar-refractivity contribution is 5.90. The van der Waals surface area contributed by atoms with E-state index in [1.807, 2.05) is 22.9 Å². The van der Waals surface area contributed by atoms with Crippen LogP contribution in [0, 0.1) is 24.2 Å². The molecule has 1 aliphatic carbocycles. The van der Waals surface area contributed by atoms with E-state index in [2.05, 4.69) is 4.98 Å². The zero-order valence-corrected chi connectivity index (χ0v) is 15.2. The van der Waals surface area contributed by atoms with Gasteiger partial charge < -0.3 is 14.9 Å². The van der Waals surface area contributed by atoms with Crippen molar-refractivity contribution in [3.63, 3.8) is 0 Å². The molecule has 1 saturated heterocycles. The highest BCUT2D eigenvalue weighted by Gasteiger charge is 2.36. The van der Waals surface area contributed by atoms with Crippen LogP contribution in [-0.2, 0) is 4.79 Å². The predicted molar refractivity (Wildman–Crippen MR) is 96.0 cm³/mol. The average molecular weight is 356 g/mol. The van der Waals surface area contributed by atoms with Crippen molar-refractivity contribution < 1.29 is 14.7 Å². The smallest absolute Gasteiger partial charge is 0.337 e. The normalized spacial score (nSPS) is 20.4. The van der Waals surface area contributed by atoms with Gasteiger partial charge in [0.2, 0.25) is 5.91 Å². The summed E-state index contributed by atoms with van der Waals surface area (Å²) in [5.41, 5.74) is 0.669. The van der Waals surface area contributed by atoms with Gasteiger partial charge in [-0.05, 0) is 25.8 Å². The van der Waals surface area contributed by atoms with Crippen molar-refractivity contribution in [2.75, 3.05) is 25.0 Å².